The zero-order valence-electron chi connectivity index (χ0n) is 76.7. The predicted molar refractivity (Wildman–Crippen MR) is 493 cm³/mol. The van der Waals surface area contributed by atoms with Gasteiger partial charge in [0.2, 0.25) is 94.5 Å². The Labute approximate surface area is 787 Å². The summed E-state index contributed by atoms with van der Waals surface area (Å²) >= 11 is 0.693. The van der Waals surface area contributed by atoms with Crippen molar-refractivity contribution >= 4 is 146 Å². The number of rotatable bonds is 27. The third-order valence-corrected chi connectivity index (χ3v) is 25.5. The number of aliphatic carboxylic acids is 2. The Balaban J connectivity index is 1.11. The van der Waals surface area contributed by atoms with Crippen LogP contribution in [0.5, 0.6) is 5.75 Å². The molecule has 136 heavy (non-hydrogen) atoms. The summed E-state index contributed by atoms with van der Waals surface area (Å²) in [4.78, 5) is 294. The van der Waals surface area contributed by atoms with Crippen LogP contribution < -0.4 is 65.1 Å². The maximum Gasteiger partial charge on any atom is 0.305 e. The molecule has 9 rings (SSSR count). The molecule has 45 heteroatoms. The lowest BCUT2D eigenvalue weighted by molar-refractivity contribution is -0.149. The van der Waals surface area contributed by atoms with E-state index in [2.05, 4.69) is 67.8 Å². The number of nitrogens with one attached hydrogen (secondary N) is 12. The van der Waals surface area contributed by atoms with Crippen molar-refractivity contribution in [3.8, 4) is 5.75 Å². The Bertz CT molecular complexity index is 5300. The molecule has 15 atom stereocenters. The quantitative estimate of drug-likeness (QED) is 0.0264. The van der Waals surface area contributed by atoms with E-state index in [-0.39, 0.29) is 82.3 Å². The fourth-order valence-electron chi connectivity index (χ4n) is 16.9. The SMILES string of the molecule is CCCC[C@H]1C(=O)N(C)[C@@H](CCCC)C(=O)N[C@@H](CCC(=O)O)C(=O)N[C@H](C(=O)NCC(N)=O)CSCC(=O)N[C@@H](Cc2ccc(O)cc2)C(=O)N(C)[C@@H](C)C(=O)N[C@@H](CC(=O)O)C(=O)N2CCC[C@H]2C(=O)N[C@@H](Cc2c[nH]cn2)C(=O)N[C@@H](CCC(N)=O)C(=O)N2C[C@H](O)C[C@H]2C(=O)C[C@@H](Cc2c[nH]c3ccccc23)C(=O)N[C@@H](CCN)C(=O)N[C@@H](Cc2c[nH]c3ccccc23)C(=O)N1C. The van der Waals surface area contributed by atoms with E-state index in [1.165, 1.54) is 57.8 Å². The number of hydrogen-bond acceptors (Lipinski definition) is 24. The van der Waals surface area contributed by atoms with Gasteiger partial charge in [0.05, 0.1) is 42.9 Å². The van der Waals surface area contributed by atoms with E-state index in [9.17, 15) is 73.2 Å². The average Bonchev–Trinajstić information content (AvgIpc) is 1.64. The van der Waals surface area contributed by atoms with Gasteiger partial charge in [-0.3, -0.25) is 91.1 Å². The van der Waals surface area contributed by atoms with Gasteiger partial charge in [0.15, 0.2) is 5.78 Å². The number of thioether (sulfide) groups is 1. The number of fused-ring (bicyclic) bond motifs is 4. The van der Waals surface area contributed by atoms with Crippen LogP contribution in [0.4, 0.5) is 0 Å². The highest BCUT2D eigenvalue weighted by Gasteiger charge is 2.47. The van der Waals surface area contributed by atoms with Gasteiger partial charge < -0.3 is 125 Å². The number of ketones is 1. The highest BCUT2D eigenvalue weighted by molar-refractivity contribution is 8.00. The second-order valence-electron chi connectivity index (χ2n) is 34.4. The Hall–Kier alpha value is -13.9. The van der Waals surface area contributed by atoms with Gasteiger partial charge in [-0.05, 0) is 106 Å². The van der Waals surface area contributed by atoms with Crippen LogP contribution >= 0.6 is 11.8 Å². The number of benzene rings is 3. The van der Waals surface area contributed by atoms with Gasteiger partial charge >= 0.3 is 11.9 Å². The Morgan fingerprint density at radius 2 is 1.10 bits per heavy atom. The van der Waals surface area contributed by atoms with Crippen molar-refractivity contribution in [2.45, 2.75) is 234 Å². The highest BCUT2D eigenvalue weighted by atomic mass is 32.2. The number of Topliss-reactive ketones (excluding diaryl/α,β-unsaturated/α-hetero) is 1. The highest BCUT2D eigenvalue weighted by Crippen LogP contribution is 2.30. The molecule has 3 aromatic carbocycles. The molecule has 3 saturated heterocycles. The number of amides is 16. The van der Waals surface area contributed by atoms with Crippen molar-refractivity contribution < 1.29 is 112 Å². The fraction of sp³-hybridized carbons (Fsp3) is 0.516. The third-order valence-electron chi connectivity index (χ3n) is 24.5. The number of nitrogens with two attached hydrogens (primary N) is 3. The molecule has 16 amide bonds. The number of carboxylic acid groups (broad SMARTS) is 2. The molecule has 0 bridgehead atoms. The number of carbonyl (C=O) groups is 19. The predicted octanol–water partition coefficient (Wildman–Crippen LogP) is -2.06. The van der Waals surface area contributed by atoms with Crippen LogP contribution in [0.3, 0.4) is 0 Å². The number of carboxylic acids is 2. The third kappa shape index (κ3) is 29.3. The fourth-order valence-corrected chi connectivity index (χ4v) is 17.7. The molecular formula is C91H123N21O23S. The molecule has 3 aromatic heterocycles. The van der Waals surface area contributed by atoms with Crippen molar-refractivity contribution in [2.24, 2.45) is 23.1 Å². The van der Waals surface area contributed by atoms with Crippen molar-refractivity contribution in [1.29, 1.82) is 0 Å². The van der Waals surface area contributed by atoms with Gasteiger partial charge in [-0.1, -0.05) is 88.1 Å². The summed E-state index contributed by atoms with van der Waals surface area (Å²) in [5.74, 6) is -22.4. The molecule has 0 saturated carbocycles. The summed E-state index contributed by atoms with van der Waals surface area (Å²) in [6.45, 7) is 3.07. The number of carbonyl (C=O) groups excluding carboxylic acids is 17. The number of phenols is 1. The van der Waals surface area contributed by atoms with Crippen LogP contribution in [0.25, 0.3) is 21.8 Å². The Morgan fingerprint density at radius 3 is 1.71 bits per heavy atom. The number of aromatic nitrogens is 4. The zero-order valence-corrected chi connectivity index (χ0v) is 77.5. The minimum absolute atomic E-state index is 0.0337. The summed E-state index contributed by atoms with van der Waals surface area (Å²) in [6.07, 6.45) is -0.261. The number of primary amides is 2. The number of aliphatic hydroxyl groups is 1. The number of aromatic amines is 3. The van der Waals surface area contributed by atoms with Crippen LogP contribution in [-0.4, -0.2) is 321 Å². The minimum Gasteiger partial charge on any atom is -0.508 e. The molecule has 0 radical (unpaired) electrons. The first-order valence-electron chi connectivity index (χ1n) is 45.2. The minimum atomic E-state index is -1.95. The van der Waals surface area contributed by atoms with E-state index in [1.54, 1.807) is 67.8 Å². The van der Waals surface area contributed by atoms with E-state index in [1.807, 2.05) is 6.92 Å². The van der Waals surface area contributed by atoms with Gasteiger partial charge in [0.1, 0.15) is 78.3 Å². The second kappa shape index (κ2) is 50.5. The largest absolute Gasteiger partial charge is 0.508 e. The number of aromatic hydroxyl groups is 1. The van der Waals surface area contributed by atoms with Crippen LogP contribution in [0, 0.1) is 5.92 Å². The summed E-state index contributed by atoms with van der Waals surface area (Å²) < 4.78 is 0. The molecule has 0 spiro atoms. The molecule has 3 aliphatic rings. The number of likely N-dealkylation sites (N-methyl/N-ethyl adjacent to an activating group) is 3. The smallest absolute Gasteiger partial charge is 0.305 e. The average molecular weight is 1910 g/mol. The first kappa shape index (κ1) is 106. The van der Waals surface area contributed by atoms with Crippen LogP contribution in [0.1, 0.15) is 146 Å². The summed E-state index contributed by atoms with van der Waals surface area (Å²) in [6, 6.07) is -1.60. The van der Waals surface area contributed by atoms with E-state index in [4.69, 9.17) is 17.2 Å². The van der Waals surface area contributed by atoms with E-state index in [0.29, 0.717) is 69.5 Å². The standard InChI is InChI=1S/C91H123N21O23S/c1-7-9-20-69-85(129)102-61(28-30-77(119)120)82(126)107-68(81(125)98-44-75(94)117)46-136-47-76(118)100-65(34-50-23-25-55(113)26-24-50)87(131)108(4)49(3)79(123)105-67(40-78(121)122)90(134)111-33-15-22-70(111)86(130)104-64(38-54-43-95-48-99-54)84(128)103-63(27-29-74(93)116)89(133)112-45-56(114)39-72(112)73(115)37-51(35-52-41-96-59-18-13-11-16-57(52)59)80(124)101-62(31-32-92)83(127)106-66(36-53-42-97-60-19-14-12-17-58(53)60)88(132)110(6)71(21-10-8-2)91(135)109(69)5/h11-14,16-19,23-26,41-43,48-49,51,56,61-72,96-97,113-114H,7-10,15,20-22,27-40,44-47,92H2,1-6H3,(H2,93,116)(H2,94,117)(H,95,99)(H,98,125)(H,100,118)(H,101,124)(H,102,129)(H,103,128)(H,104,130)(H,105,123)(H,106,127)(H,107,126)(H,119,120)(H,121,122)/t49-,51+,56+,61-,62-,63-,64-,65-,66-,67-,68-,69-,70-,71-,72-/m0/s1. The van der Waals surface area contributed by atoms with Crippen molar-refractivity contribution in [3.05, 3.63) is 120 Å². The number of nitrogens with zero attached hydrogens (tertiary/aromatic N) is 6. The topological polar surface area (TPSA) is 668 Å². The number of unbranched alkanes of at least 4 members (excludes halogenated alkanes) is 2. The number of phenolic OH excluding ortho intramolecular Hbond substituents is 1. The van der Waals surface area contributed by atoms with Crippen LogP contribution in [0.15, 0.2) is 97.7 Å². The molecular weight excluding hydrogens is 1790 g/mol. The van der Waals surface area contributed by atoms with E-state index >= 15 is 38.4 Å². The van der Waals surface area contributed by atoms with Crippen molar-refractivity contribution in [2.75, 3.05) is 58.8 Å². The van der Waals surface area contributed by atoms with Gasteiger partial charge in [0.25, 0.3) is 0 Å². The molecule has 0 unspecified atom stereocenters. The van der Waals surface area contributed by atoms with Gasteiger partial charge in [0, 0.05) is 131 Å². The van der Waals surface area contributed by atoms with Gasteiger partial charge in [-0.25, -0.2) is 4.98 Å². The van der Waals surface area contributed by atoms with Crippen LogP contribution in [-0.2, 0) is 117 Å². The summed E-state index contributed by atoms with van der Waals surface area (Å²) in [5.41, 5.74) is 20.2. The molecule has 22 N–H and O–H groups in total. The molecule has 3 aliphatic heterocycles. The zero-order chi connectivity index (χ0) is 99.3. The number of para-hydroxylation sites is 2. The number of aliphatic hydroxyl groups excluding tert-OH is 1. The van der Waals surface area contributed by atoms with Gasteiger partial charge in [-0.2, -0.15) is 0 Å². The summed E-state index contributed by atoms with van der Waals surface area (Å²) in [7, 11) is 3.79. The first-order chi connectivity index (χ1) is 64.8. The second-order valence-corrected chi connectivity index (χ2v) is 35.4. The molecule has 736 valence electrons. The Kier molecular flexibility index (Phi) is 39.3. The lowest BCUT2D eigenvalue weighted by Gasteiger charge is -2.36. The van der Waals surface area contributed by atoms with Crippen molar-refractivity contribution in [1.82, 2.24) is 92.3 Å². The Morgan fingerprint density at radius 1 is 0.537 bits per heavy atom. The van der Waals surface area contributed by atoms with E-state index < -0.39 is 279 Å². The number of imidazole rings is 1. The lowest BCUT2D eigenvalue weighted by atomic mass is 9.90. The van der Waals surface area contributed by atoms with Crippen LogP contribution in [0.2, 0.25) is 0 Å². The molecule has 3 fully saturated rings. The monoisotopic (exact) mass is 1910 g/mol. The maximum atomic E-state index is 15.8. The van der Waals surface area contributed by atoms with Crippen molar-refractivity contribution in [3.63, 3.8) is 0 Å². The normalized spacial score (nSPS) is 24.7. The summed E-state index contributed by atoms with van der Waals surface area (Å²) in [5, 5.41) is 66.5. The number of H-pyrrole nitrogens is 3. The molecule has 6 heterocycles. The maximum absolute atomic E-state index is 15.8. The molecule has 6 aromatic rings. The van der Waals surface area contributed by atoms with E-state index in [0.717, 1.165) is 31.5 Å². The first-order valence-corrected chi connectivity index (χ1v) is 46.4. The molecule has 44 nitrogen and oxygen atoms in total. The lowest BCUT2D eigenvalue weighted by Crippen LogP contribution is -2.60. The van der Waals surface area contributed by atoms with Gasteiger partial charge in [-0.15, -0.1) is 11.8 Å². The molecule has 0 aliphatic carbocycles. The number of hydrogen-bond donors (Lipinski definition) is 19.